The van der Waals surface area contributed by atoms with Crippen LogP contribution in [-0.4, -0.2) is 26.5 Å². The molecule has 0 N–H and O–H groups in total. The average molecular weight is 401 g/mol. The summed E-state index contributed by atoms with van der Waals surface area (Å²) in [6.45, 7) is 4.99. The second-order valence-corrected chi connectivity index (χ2v) is 8.01. The third-order valence-corrected chi connectivity index (χ3v) is 6.34. The van der Waals surface area contributed by atoms with E-state index < -0.39 is 11.5 Å². The summed E-state index contributed by atoms with van der Waals surface area (Å²) in [5.74, 6) is -0.429. The minimum absolute atomic E-state index is 0.00206. The molecule has 1 aliphatic rings. The van der Waals surface area contributed by atoms with Crippen molar-refractivity contribution < 1.29 is 9.18 Å². The summed E-state index contributed by atoms with van der Waals surface area (Å²) in [5.41, 5.74) is 0.466. The Kier molecular flexibility index (Phi) is 4.66. The summed E-state index contributed by atoms with van der Waals surface area (Å²) in [5, 5.41) is 0.542. The van der Waals surface area contributed by atoms with Gasteiger partial charge in [-0.1, -0.05) is 6.92 Å². The molecule has 0 saturated carbocycles. The Bertz CT molecular complexity index is 1190. The molecule has 0 radical (unpaired) electrons. The van der Waals surface area contributed by atoms with Gasteiger partial charge in [0.15, 0.2) is 0 Å². The highest BCUT2D eigenvalue weighted by molar-refractivity contribution is 7.18. The average Bonchev–Trinajstić information content (AvgIpc) is 3.05. The monoisotopic (exact) mass is 401 g/mol. The molecule has 1 aromatic carbocycles. The number of fused-ring (bicyclic) bond motifs is 3. The lowest BCUT2D eigenvalue weighted by Gasteiger charge is -2.25. The summed E-state index contributed by atoms with van der Waals surface area (Å²) in [7, 11) is 0. The second-order valence-electron chi connectivity index (χ2n) is 6.93. The van der Waals surface area contributed by atoms with Crippen molar-refractivity contribution in [3.05, 3.63) is 61.4 Å². The number of hydrogen-bond acceptors (Lipinski definition) is 4. The normalized spacial score (nSPS) is 13.8. The predicted octanol–water partition coefficient (Wildman–Crippen LogP) is 2.67. The highest BCUT2D eigenvalue weighted by Crippen LogP contribution is 2.33. The van der Waals surface area contributed by atoms with E-state index in [0.717, 1.165) is 21.4 Å². The first-order chi connectivity index (χ1) is 13.4. The lowest BCUT2D eigenvalue weighted by molar-refractivity contribution is -0.129. The van der Waals surface area contributed by atoms with Crippen molar-refractivity contribution in [3.63, 3.8) is 0 Å². The lowest BCUT2D eigenvalue weighted by atomic mass is 10.1. The number of aryl methyl sites for hydroxylation is 1. The van der Waals surface area contributed by atoms with Gasteiger partial charge in [0, 0.05) is 24.9 Å². The second kappa shape index (κ2) is 7.01. The molecule has 0 unspecified atom stereocenters. The van der Waals surface area contributed by atoms with Gasteiger partial charge >= 0.3 is 5.69 Å². The van der Waals surface area contributed by atoms with E-state index in [0.29, 0.717) is 42.0 Å². The lowest BCUT2D eigenvalue weighted by Crippen LogP contribution is -2.39. The van der Waals surface area contributed by atoms with Crippen LogP contribution in [0, 0.1) is 5.82 Å². The van der Waals surface area contributed by atoms with E-state index in [1.165, 1.54) is 42.5 Å². The summed E-state index contributed by atoms with van der Waals surface area (Å²) in [6, 6.07) is 5.36. The number of halogens is 1. The molecule has 6 nitrogen and oxygen atoms in total. The number of benzene rings is 1. The third-order valence-electron chi connectivity index (χ3n) is 5.10. The standard InChI is InChI=1S/C20H20FN3O3S/c1-3-9-23-19-17(15-8-10-22(12(2)25)11-16(15)28-19)18(26)24(20(23)27)14-6-4-13(21)5-7-14/h4-7H,3,8-11H2,1-2H3. The maximum Gasteiger partial charge on any atom is 0.336 e. The first-order valence-electron chi connectivity index (χ1n) is 9.24. The van der Waals surface area contributed by atoms with Crippen molar-refractivity contribution in [2.24, 2.45) is 0 Å². The van der Waals surface area contributed by atoms with Crippen LogP contribution in [0.3, 0.4) is 0 Å². The van der Waals surface area contributed by atoms with Crippen LogP contribution >= 0.6 is 11.3 Å². The summed E-state index contributed by atoms with van der Waals surface area (Å²) >= 11 is 1.42. The van der Waals surface area contributed by atoms with E-state index in [-0.39, 0.29) is 11.5 Å². The first kappa shape index (κ1) is 18.6. The zero-order valence-corrected chi connectivity index (χ0v) is 16.5. The molecule has 4 rings (SSSR count). The number of amides is 1. The molecule has 0 spiro atoms. The number of rotatable bonds is 3. The molecule has 8 heteroatoms. The van der Waals surface area contributed by atoms with Gasteiger partial charge in [-0.05, 0) is 42.7 Å². The van der Waals surface area contributed by atoms with E-state index in [9.17, 15) is 18.8 Å². The Labute approximate surface area is 164 Å². The van der Waals surface area contributed by atoms with Gasteiger partial charge in [-0.25, -0.2) is 13.8 Å². The molecule has 0 fully saturated rings. The van der Waals surface area contributed by atoms with Gasteiger partial charge < -0.3 is 4.90 Å². The Morgan fingerprint density at radius 2 is 1.93 bits per heavy atom. The first-order valence-corrected chi connectivity index (χ1v) is 10.1. The zero-order chi connectivity index (χ0) is 20.0. The zero-order valence-electron chi connectivity index (χ0n) is 15.7. The van der Waals surface area contributed by atoms with Gasteiger partial charge in [-0.3, -0.25) is 14.2 Å². The maximum absolute atomic E-state index is 13.3. The van der Waals surface area contributed by atoms with Gasteiger partial charge in [-0.15, -0.1) is 11.3 Å². The summed E-state index contributed by atoms with van der Waals surface area (Å²) in [6.07, 6.45) is 1.32. The number of aromatic nitrogens is 2. The van der Waals surface area contributed by atoms with Crippen molar-refractivity contribution >= 4 is 27.5 Å². The molecular formula is C20H20FN3O3S. The van der Waals surface area contributed by atoms with Crippen LogP contribution in [0.5, 0.6) is 0 Å². The van der Waals surface area contributed by atoms with Crippen molar-refractivity contribution in [1.29, 1.82) is 0 Å². The highest BCUT2D eigenvalue weighted by atomic mass is 32.1. The Balaban J connectivity index is 2.03. The predicted molar refractivity (Wildman–Crippen MR) is 107 cm³/mol. The van der Waals surface area contributed by atoms with Gasteiger partial charge in [0.1, 0.15) is 10.6 Å². The van der Waals surface area contributed by atoms with Crippen molar-refractivity contribution in [2.45, 2.75) is 39.8 Å². The van der Waals surface area contributed by atoms with Crippen LogP contribution in [0.25, 0.3) is 15.9 Å². The van der Waals surface area contributed by atoms with Crippen LogP contribution in [0.4, 0.5) is 4.39 Å². The molecule has 146 valence electrons. The van der Waals surface area contributed by atoms with E-state index in [4.69, 9.17) is 0 Å². The number of hydrogen-bond donors (Lipinski definition) is 0. The van der Waals surface area contributed by atoms with Crippen molar-refractivity contribution in [3.8, 4) is 5.69 Å². The SMILES string of the molecule is CCCn1c(=O)n(-c2ccc(F)cc2)c(=O)c2c3c(sc21)CN(C(C)=O)CC3. The molecule has 2 aromatic heterocycles. The topological polar surface area (TPSA) is 64.3 Å². The van der Waals surface area contributed by atoms with Crippen LogP contribution in [0.2, 0.25) is 0 Å². The highest BCUT2D eigenvalue weighted by Gasteiger charge is 2.27. The molecule has 0 atom stereocenters. The van der Waals surface area contributed by atoms with Gasteiger partial charge in [0.2, 0.25) is 5.91 Å². The molecule has 1 aliphatic heterocycles. The van der Waals surface area contributed by atoms with Gasteiger partial charge in [-0.2, -0.15) is 0 Å². The summed E-state index contributed by atoms with van der Waals surface area (Å²) < 4.78 is 16.1. The summed E-state index contributed by atoms with van der Waals surface area (Å²) in [4.78, 5) is 41.6. The minimum Gasteiger partial charge on any atom is -0.337 e. The van der Waals surface area contributed by atoms with E-state index >= 15 is 0 Å². The molecule has 3 aromatic rings. The van der Waals surface area contributed by atoms with E-state index in [2.05, 4.69) is 0 Å². The van der Waals surface area contributed by atoms with Crippen LogP contribution in [0.1, 0.15) is 30.7 Å². The molecular weight excluding hydrogens is 381 g/mol. The number of carbonyl (C=O) groups excluding carboxylic acids is 1. The third kappa shape index (κ3) is 2.88. The molecule has 0 bridgehead atoms. The molecule has 3 heterocycles. The number of thiophene rings is 1. The number of nitrogens with zero attached hydrogens (tertiary/aromatic N) is 3. The van der Waals surface area contributed by atoms with E-state index in [1.54, 1.807) is 9.47 Å². The smallest absolute Gasteiger partial charge is 0.336 e. The Morgan fingerprint density at radius 3 is 2.57 bits per heavy atom. The molecule has 28 heavy (non-hydrogen) atoms. The molecule has 0 aliphatic carbocycles. The molecule has 0 saturated heterocycles. The Hall–Kier alpha value is -2.74. The fraction of sp³-hybridized carbons (Fsp3) is 0.350. The quantitative estimate of drug-likeness (QED) is 0.678. The fourth-order valence-corrected chi connectivity index (χ4v) is 5.09. The van der Waals surface area contributed by atoms with Crippen LogP contribution in [0.15, 0.2) is 33.9 Å². The molecule has 1 amide bonds. The van der Waals surface area contributed by atoms with Gasteiger partial charge in [0.25, 0.3) is 5.56 Å². The maximum atomic E-state index is 13.3. The van der Waals surface area contributed by atoms with Crippen LogP contribution in [-0.2, 0) is 24.3 Å². The van der Waals surface area contributed by atoms with Crippen molar-refractivity contribution in [2.75, 3.05) is 6.54 Å². The van der Waals surface area contributed by atoms with Crippen LogP contribution < -0.4 is 11.2 Å². The van der Waals surface area contributed by atoms with E-state index in [1.807, 2.05) is 6.92 Å². The van der Waals surface area contributed by atoms with Crippen molar-refractivity contribution in [1.82, 2.24) is 14.0 Å². The minimum atomic E-state index is -0.427. The largest absolute Gasteiger partial charge is 0.337 e. The van der Waals surface area contributed by atoms with Gasteiger partial charge in [0.05, 0.1) is 17.6 Å². The Morgan fingerprint density at radius 1 is 1.21 bits per heavy atom. The number of carbonyl (C=O) groups is 1. The fourth-order valence-electron chi connectivity index (χ4n) is 3.71.